The summed E-state index contributed by atoms with van der Waals surface area (Å²) in [6, 6.07) is 0. The quantitative estimate of drug-likeness (QED) is 0.582. The van der Waals surface area contributed by atoms with Crippen molar-refractivity contribution < 1.29 is 27.5 Å². The second-order valence-electron chi connectivity index (χ2n) is 4.75. The van der Waals surface area contributed by atoms with E-state index in [2.05, 4.69) is 0 Å². The molecule has 0 N–H and O–H groups in total. The molecule has 1 amide bonds. The lowest BCUT2D eigenvalue weighted by molar-refractivity contribution is -0.157. The van der Waals surface area contributed by atoms with Gasteiger partial charge in [0.25, 0.3) is 0 Å². The van der Waals surface area contributed by atoms with Crippen molar-refractivity contribution in [1.29, 1.82) is 0 Å². The summed E-state index contributed by atoms with van der Waals surface area (Å²) in [4.78, 5) is 24.9. The predicted octanol–water partition coefficient (Wildman–Crippen LogP) is 2.83. The number of ether oxygens (including phenoxy) is 1. The fourth-order valence-electron chi connectivity index (χ4n) is 2.76. The number of esters is 1. The highest BCUT2D eigenvalue weighted by molar-refractivity contribution is 5.93. The Labute approximate surface area is 121 Å². The van der Waals surface area contributed by atoms with Crippen LogP contribution in [0.25, 0.3) is 0 Å². The first kappa shape index (κ1) is 17.5. The van der Waals surface area contributed by atoms with E-state index in [0.717, 1.165) is 0 Å². The van der Waals surface area contributed by atoms with E-state index in [-0.39, 0.29) is 50.0 Å². The standard InChI is InChI=1S/C12H14F3NO3.C2H6/c1-2-19-10(18)11-4-3-9(17)16(11)7-8(5-11)6-12(13,14)15;1-2/h6H,2-5,7H2,1H3;1-2H3/b8-6-;. The van der Waals surface area contributed by atoms with E-state index in [1.165, 1.54) is 4.90 Å². The summed E-state index contributed by atoms with van der Waals surface area (Å²) >= 11 is 0. The smallest absolute Gasteiger partial charge is 0.409 e. The zero-order chi connectivity index (χ0) is 16.3. The van der Waals surface area contributed by atoms with Crippen molar-refractivity contribution in [3.8, 4) is 0 Å². The maximum Gasteiger partial charge on any atom is 0.409 e. The van der Waals surface area contributed by atoms with Crippen molar-refractivity contribution in [3.05, 3.63) is 11.6 Å². The van der Waals surface area contributed by atoms with Gasteiger partial charge in [0, 0.05) is 25.5 Å². The first-order valence-corrected chi connectivity index (χ1v) is 7.03. The monoisotopic (exact) mass is 307 g/mol. The van der Waals surface area contributed by atoms with Gasteiger partial charge in [-0.15, -0.1) is 0 Å². The van der Waals surface area contributed by atoms with Crippen molar-refractivity contribution in [2.45, 2.75) is 51.7 Å². The molecule has 2 rings (SSSR count). The van der Waals surface area contributed by atoms with Crippen LogP contribution >= 0.6 is 0 Å². The van der Waals surface area contributed by atoms with Crippen LogP contribution in [0.4, 0.5) is 13.2 Å². The fourth-order valence-corrected chi connectivity index (χ4v) is 2.76. The summed E-state index contributed by atoms with van der Waals surface area (Å²) in [5.74, 6) is -0.898. The number of halogens is 3. The Morgan fingerprint density at radius 2 is 2.05 bits per heavy atom. The lowest BCUT2D eigenvalue weighted by atomic mass is 9.92. The zero-order valence-electron chi connectivity index (χ0n) is 12.4. The number of allylic oxidation sites excluding steroid dienone is 1. The molecule has 120 valence electrons. The Bertz CT molecular complexity index is 445. The molecule has 0 aromatic carbocycles. The van der Waals surface area contributed by atoms with Gasteiger partial charge in [-0.3, -0.25) is 4.79 Å². The van der Waals surface area contributed by atoms with E-state index >= 15 is 0 Å². The van der Waals surface area contributed by atoms with E-state index < -0.39 is 17.7 Å². The molecule has 2 aliphatic rings. The molecule has 0 spiro atoms. The summed E-state index contributed by atoms with van der Waals surface area (Å²) in [5.41, 5.74) is -1.17. The van der Waals surface area contributed by atoms with Gasteiger partial charge in [0.15, 0.2) is 0 Å². The third-order valence-corrected chi connectivity index (χ3v) is 3.47. The SMILES string of the molecule is CC.CCOC(=O)C12CCC(=O)N1C/C(=C\C(F)(F)F)C2. The van der Waals surface area contributed by atoms with Gasteiger partial charge in [-0.25, -0.2) is 4.79 Å². The topological polar surface area (TPSA) is 46.6 Å². The van der Waals surface area contributed by atoms with Crippen molar-refractivity contribution in [1.82, 2.24) is 4.90 Å². The molecule has 0 aliphatic carbocycles. The maximum atomic E-state index is 12.4. The Morgan fingerprint density at radius 3 is 2.57 bits per heavy atom. The molecule has 2 aliphatic heterocycles. The van der Waals surface area contributed by atoms with Crippen molar-refractivity contribution in [2.75, 3.05) is 13.2 Å². The minimum Gasteiger partial charge on any atom is -0.464 e. The van der Waals surface area contributed by atoms with Crippen LogP contribution in [0.15, 0.2) is 11.6 Å². The number of rotatable bonds is 2. The zero-order valence-corrected chi connectivity index (χ0v) is 12.4. The molecule has 2 heterocycles. The van der Waals surface area contributed by atoms with Crippen LogP contribution in [0.3, 0.4) is 0 Å². The van der Waals surface area contributed by atoms with E-state index in [9.17, 15) is 22.8 Å². The first-order valence-electron chi connectivity index (χ1n) is 7.03. The number of carbonyl (C=O) groups excluding carboxylic acids is 2. The maximum absolute atomic E-state index is 12.4. The normalized spacial score (nSPS) is 26.5. The van der Waals surface area contributed by atoms with Gasteiger partial charge < -0.3 is 9.64 Å². The number of hydrogen-bond acceptors (Lipinski definition) is 3. The minimum absolute atomic E-state index is 0.0496. The molecular formula is C14H20F3NO3. The number of amides is 1. The molecule has 0 saturated carbocycles. The van der Waals surface area contributed by atoms with Gasteiger partial charge in [0.05, 0.1) is 6.61 Å². The average Bonchev–Trinajstić information content (AvgIpc) is 2.89. The van der Waals surface area contributed by atoms with Crippen LogP contribution in [-0.2, 0) is 14.3 Å². The number of carbonyl (C=O) groups is 2. The molecule has 0 radical (unpaired) electrons. The molecule has 1 unspecified atom stereocenters. The Balaban J connectivity index is 0.00000106. The van der Waals surface area contributed by atoms with Crippen LogP contribution in [0.1, 0.15) is 40.0 Å². The number of nitrogens with zero attached hydrogens (tertiary/aromatic N) is 1. The van der Waals surface area contributed by atoms with E-state index in [1.807, 2.05) is 13.8 Å². The van der Waals surface area contributed by atoms with Crippen molar-refractivity contribution >= 4 is 11.9 Å². The van der Waals surface area contributed by atoms with Gasteiger partial charge >= 0.3 is 12.1 Å². The Morgan fingerprint density at radius 1 is 1.43 bits per heavy atom. The highest BCUT2D eigenvalue weighted by Crippen LogP contribution is 2.43. The summed E-state index contributed by atoms with van der Waals surface area (Å²) < 4.78 is 42.0. The highest BCUT2D eigenvalue weighted by atomic mass is 19.4. The van der Waals surface area contributed by atoms with Crippen molar-refractivity contribution in [3.63, 3.8) is 0 Å². The second kappa shape index (κ2) is 6.49. The van der Waals surface area contributed by atoms with Crippen LogP contribution in [0.5, 0.6) is 0 Å². The number of fused-ring (bicyclic) bond motifs is 1. The lowest BCUT2D eigenvalue weighted by Gasteiger charge is -2.28. The van der Waals surface area contributed by atoms with Crippen molar-refractivity contribution in [2.24, 2.45) is 0 Å². The molecular weight excluding hydrogens is 287 g/mol. The molecule has 7 heteroatoms. The molecule has 0 aromatic heterocycles. The molecule has 2 saturated heterocycles. The van der Waals surface area contributed by atoms with E-state index in [1.54, 1.807) is 6.92 Å². The van der Waals surface area contributed by atoms with Crippen LogP contribution in [0.2, 0.25) is 0 Å². The lowest BCUT2D eigenvalue weighted by Crippen LogP contribution is -2.48. The molecule has 4 nitrogen and oxygen atoms in total. The van der Waals surface area contributed by atoms with Crippen LogP contribution in [0, 0.1) is 0 Å². The van der Waals surface area contributed by atoms with Gasteiger partial charge in [-0.1, -0.05) is 13.8 Å². The Hall–Kier alpha value is -1.53. The van der Waals surface area contributed by atoms with Gasteiger partial charge in [-0.2, -0.15) is 13.2 Å². The largest absolute Gasteiger partial charge is 0.464 e. The molecule has 2 fully saturated rings. The molecule has 21 heavy (non-hydrogen) atoms. The summed E-state index contributed by atoms with van der Waals surface area (Å²) in [6.45, 7) is 5.62. The van der Waals surface area contributed by atoms with Gasteiger partial charge in [0.2, 0.25) is 5.91 Å². The van der Waals surface area contributed by atoms with Crippen LogP contribution < -0.4 is 0 Å². The third-order valence-electron chi connectivity index (χ3n) is 3.47. The second-order valence-corrected chi connectivity index (χ2v) is 4.75. The van der Waals surface area contributed by atoms with Crippen LogP contribution in [-0.4, -0.2) is 41.6 Å². The summed E-state index contributed by atoms with van der Waals surface area (Å²) in [6.07, 6.45) is -3.94. The van der Waals surface area contributed by atoms with Gasteiger partial charge in [0.1, 0.15) is 5.54 Å². The number of alkyl halides is 3. The minimum atomic E-state index is -4.44. The predicted molar refractivity (Wildman–Crippen MR) is 70.4 cm³/mol. The molecule has 1 atom stereocenters. The fraction of sp³-hybridized carbons (Fsp3) is 0.714. The number of hydrogen-bond donors (Lipinski definition) is 0. The first-order chi connectivity index (χ1) is 9.78. The highest BCUT2D eigenvalue weighted by Gasteiger charge is 2.56. The van der Waals surface area contributed by atoms with Gasteiger partial charge in [-0.05, 0) is 18.9 Å². The average molecular weight is 307 g/mol. The summed E-state index contributed by atoms with van der Waals surface area (Å²) in [5, 5.41) is 0. The Kier molecular flexibility index (Phi) is 5.42. The van der Waals surface area contributed by atoms with E-state index in [0.29, 0.717) is 0 Å². The molecule has 0 aromatic rings. The van der Waals surface area contributed by atoms with E-state index in [4.69, 9.17) is 4.74 Å². The third kappa shape index (κ3) is 3.57. The summed E-state index contributed by atoms with van der Waals surface area (Å²) in [7, 11) is 0. The molecule has 0 bridgehead atoms.